The molecule has 1 N–H and O–H groups in total. The highest BCUT2D eigenvalue weighted by molar-refractivity contribution is 8.00. The molecule has 1 aliphatic heterocycles. The van der Waals surface area contributed by atoms with Gasteiger partial charge in [0.1, 0.15) is 5.03 Å². The Labute approximate surface area is 119 Å². The van der Waals surface area contributed by atoms with Crippen LogP contribution in [-0.4, -0.2) is 33.1 Å². The first-order valence-corrected chi connectivity index (χ1v) is 7.00. The van der Waals surface area contributed by atoms with Gasteiger partial charge < -0.3 is 4.90 Å². The smallest absolute Gasteiger partial charge is 0.240 e. The maximum Gasteiger partial charge on any atom is 0.240 e. The van der Waals surface area contributed by atoms with E-state index in [2.05, 4.69) is 21.5 Å². The largest absolute Gasteiger partial charge is 0.311 e. The minimum atomic E-state index is -0.129. The van der Waals surface area contributed by atoms with Gasteiger partial charge in [0.25, 0.3) is 0 Å². The third-order valence-electron chi connectivity index (χ3n) is 3.12. The number of anilines is 1. The molecule has 1 aromatic heterocycles. The second-order valence-corrected chi connectivity index (χ2v) is 5.57. The number of thioether (sulfide) groups is 1. The molecule has 2 heterocycles. The third kappa shape index (κ3) is 2.38. The van der Waals surface area contributed by atoms with Gasteiger partial charge in [-0.3, -0.25) is 4.79 Å². The average Bonchev–Trinajstić information content (AvgIpc) is 3.11. The molecule has 1 unspecified atom stereocenters. The van der Waals surface area contributed by atoms with E-state index in [9.17, 15) is 4.79 Å². The van der Waals surface area contributed by atoms with Gasteiger partial charge in [-0.2, -0.15) is 15.6 Å². The number of nitrogens with zero attached hydrogens (tertiary/aromatic N) is 4. The number of hydrogen-bond donors (Lipinski definition) is 1. The number of carbonyl (C=O) groups excluding carboxylic acids is 1. The van der Waals surface area contributed by atoms with Crippen LogP contribution in [0.15, 0.2) is 35.5 Å². The standard InChI is InChI=1S/C13H11N5OS/c14-7-9-1-3-10(4-2-9)18-6-5-11(13(18)19)20-12-8-15-17-16-12/h1-4,8,11H,5-6H2,(H,15,16,17). The summed E-state index contributed by atoms with van der Waals surface area (Å²) in [5.41, 5.74) is 1.42. The first kappa shape index (κ1) is 12.7. The quantitative estimate of drug-likeness (QED) is 0.925. The second kappa shape index (κ2) is 5.35. The molecule has 0 aliphatic carbocycles. The molecule has 7 heteroatoms. The Balaban J connectivity index is 1.73. The first-order valence-electron chi connectivity index (χ1n) is 6.12. The summed E-state index contributed by atoms with van der Waals surface area (Å²) >= 11 is 1.42. The molecule has 1 aromatic carbocycles. The SMILES string of the molecule is N#Cc1ccc(N2CCC(Sc3cn[nH]n3)C2=O)cc1. The summed E-state index contributed by atoms with van der Waals surface area (Å²) in [5, 5.41) is 19.6. The monoisotopic (exact) mass is 285 g/mol. The van der Waals surface area contributed by atoms with Crippen molar-refractivity contribution in [2.75, 3.05) is 11.4 Å². The van der Waals surface area contributed by atoms with Crippen molar-refractivity contribution in [3.05, 3.63) is 36.0 Å². The Morgan fingerprint density at radius 1 is 1.40 bits per heavy atom. The molecule has 2 aromatic rings. The lowest BCUT2D eigenvalue weighted by atomic mass is 10.2. The van der Waals surface area contributed by atoms with Gasteiger partial charge in [-0.15, -0.1) is 5.10 Å². The van der Waals surface area contributed by atoms with E-state index < -0.39 is 0 Å². The molecule has 0 saturated carbocycles. The van der Waals surface area contributed by atoms with Gasteiger partial charge in [0, 0.05) is 12.2 Å². The van der Waals surface area contributed by atoms with Crippen LogP contribution in [-0.2, 0) is 4.79 Å². The highest BCUT2D eigenvalue weighted by Crippen LogP contribution is 2.31. The molecule has 100 valence electrons. The molecular weight excluding hydrogens is 274 g/mol. The molecule has 1 saturated heterocycles. The molecule has 1 aliphatic rings. The maximum absolute atomic E-state index is 12.4. The van der Waals surface area contributed by atoms with Gasteiger partial charge in [-0.1, -0.05) is 11.8 Å². The van der Waals surface area contributed by atoms with Gasteiger partial charge in [-0.05, 0) is 30.7 Å². The summed E-state index contributed by atoms with van der Waals surface area (Å²) in [6, 6.07) is 9.12. The minimum absolute atomic E-state index is 0.0720. The van der Waals surface area contributed by atoms with Crippen molar-refractivity contribution >= 4 is 23.4 Å². The fraction of sp³-hybridized carbons (Fsp3) is 0.231. The van der Waals surface area contributed by atoms with Crippen molar-refractivity contribution in [2.45, 2.75) is 16.7 Å². The molecule has 3 rings (SSSR count). The van der Waals surface area contributed by atoms with Crippen molar-refractivity contribution in [1.82, 2.24) is 15.4 Å². The second-order valence-electron chi connectivity index (χ2n) is 4.35. The Bertz CT molecular complexity index is 646. The molecule has 0 spiro atoms. The number of aromatic amines is 1. The summed E-state index contributed by atoms with van der Waals surface area (Å²) in [6.07, 6.45) is 2.39. The molecule has 6 nitrogen and oxygen atoms in total. The number of amides is 1. The van der Waals surface area contributed by atoms with E-state index in [1.807, 2.05) is 0 Å². The number of aromatic nitrogens is 3. The molecular formula is C13H11N5OS. The van der Waals surface area contributed by atoms with Crippen molar-refractivity contribution in [2.24, 2.45) is 0 Å². The zero-order valence-electron chi connectivity index (χ0n) is 10.5. The summed E-state index contributed by atoms with van der Waals surface area (Å²) in [4.78, 5) is 14.1. The number of rotatable bonds is 3. The van der Waals surface area contributed by atoms with Crippen LogP contribution >= 0.6 is 11.8 Å². The van der Waals surface area contributed by atoms with E-state index in [1.165, 1.54) is 11.8 Å². The van der Waals surface area contributed by atoms with Crippen LogP contribution in [0.1, 0.15) is 12.0 Å². The first-order chi connectivity index (χ1) is 9.78. The van der Waals surface area contributed by atoms with Gasteiger partial charge in [-0.25, -0.2) is 0 Å². The molecule has 1 amide bonds. The minimum Gasteiger partial charge on any atom is -0.311 e. The third-order valence-corrected chi connectivity index (χ3v) is 4.28. The Hall–Kier alpha value is -2.33. The van der Waals surface area contributed by atoms with Crippen LogP contribution in [0, 0.1) is 11.3 Å². The number of H-pyrrole nitrogens is 1. The van der Waals surface area contributed by atoms with Crippen LogP contribution in [0.2, 0.25) is 0 Å². The number of hydrogen-bond acceptors (Lipinski definition) is 5. The molecule has 1 atom stereocenters. The number of benzene rings is 1. The average molecular weight is 285 g/mol. The summed E-state index contributed by atoms with van der Waals surface area (Å²) in [5.74, 6) is 0.0720. The van der Waals surface area contributed by atoms with Crippen molar-refractivity contribution < 1.29 is 4.79 Å². The van der Waals surface area contributed by atoms with Gasteiger partial charge in [0.15, 0.2) is 0 Å². The predicted octanol–water partition coefficient (Wildman–Crippen LogP) is 1.57. The van der Waals surface area contributed by atoms with Crippen LogP contribution in [0.5, 0.6) is 0 Å². The highest BCUT2D eigenvalue weighted by atomic mass is 32.2. The van der Waals surface area contributed by atoms with Crippen molar-refractivity contribution in [3.8, 4) is 6.07 Å². The molecule has 0 bridgehead atoms. The van der Waals surface area contributed by atoms with E-state index in [0.717, 1.165) is 17.1 Å². The zero-order chi connectivity index (χ0) is 13.9. The normalized spacial score (nSPS) is 18.2. The predicted molar refractivity (Wildman–Crippen MR) is 74.2 cm³/mol. The molecule has 0 radical (unpaired) electrons. The Morgan fingerprint density at radius 3 is 2.85 bits per heavy atom. The number of nitriles is 1. The van der Waals surface area contributed by atoms with E-state index in [1.54, 1.807) is 35.4 Å². The van der Waals surface area contributed by atoms with E-state index in [4.69, 9.17) is 5.26 Å². The van der Waals surface area contributed by atoms with Crippen LogP contribution in [0.25, 0.3) is 0 Å². The number of carbonyl (C=O) groups is 1. The van der Waals surface area contributed by atoms with Crippen molar-refractivity contribution in [3.63, 3.8) is 0 Å². The highest BCUT2D eigenvalue weighted by Gasteiger charge is 2.33. The number of nitrogens with one attached hydrogen (secondary N) is 1. The van der Waals surface area contributed by atoms with Gasteiger partial charge in [0.05, 0.1) is 23.1 Å². The lowest BCUT2D eigenvalue weighted by Crippen LogP contribution is -2.27. The van der Waals surface area contributed by atoms with E-state index >= 15 is 0 Å². The van der Waals surface area contributed by atoms with E-state index in [0.29, 0.717) is 12.1 Å². The topological polar surface area (TPSA) is 85.7 Å². The maximum atomic E-state index is 12.4. The Kier molecular flexibility index (Phi) is 3.39. The lowest BCUT2D eigenvalue weighted by molar-refractivity contribution is -0.116. The summed E-state index contributed by atoms with van der Waals surface area (Å²) in [6.45, 7) is 0.681. The lowest BCUT2D eigenvalue weighted by Gasteiger charge is -2.16. The fourth-order valence-electron chi connectivity index (χ4n) is 2.13. The molecule has 1 fully saturated rings. The van der Waals surface area contributed by atoms with Crippen LogP contribution in [0.4, 0.5) is 5.69 Å². The van der Waals surface area contributed by atoms with Crippen molar-refractivity contribution in [1.29, 1.82) is 5.26 Å². The summed E-state index contributed by atoms with van der Waals surface area (Å²) < 4.78 is 0. The van der Waals surface area contributed by atoms with Crippen LogP contribution in [0.3, 0.4) is 0 Å². The van der Waals surface area contributed by atoms with Crippen LogP contribution < -0.4 is 4.90 Å². The molecule has 20 heavy (non-hydrogen) atoms. The zero-order valence-corrected chi connectivity index (χ0v) is 11.3. The Morgan fingerprint density at radius 2 is 2.20 bits per heavy atom. The summed E-state index contributed by atoms with van der Waals surface area (Å²) in [7, 11) is 0. The van der Waals surface area contributed by atoms with Gasteiger partial charge >= 0.3 is 0 Å². The fourth-order valence-corrected chi connectivity index (χ4v) is 3.08. The van der Waals surface area contributed by atoms with Gasteiger partial charge in [0.2, 0.25) is 5.91 Å². The van der Waals surface area contributed by atoms with E-state index in [-0.39, 0.29) is 11.2 Å².